The molecule has 156 valence electrons. The number of thioether (sulfide) groups is 2. The van der Waals surface area contributed by atoms with E-state index in [1.807, 2.05) is 0 Å². The molecule has 10 nitrogen and oxygen atoms in total. The predicted molar refractivity (Wildman–Crippen MR) is 112 cm³/mol. The Bertz CT molecular complexity index is 950. The van der Waals surface area contributed by atoms with Crippen LogP contribution in [0.2, 0.25) is 0 Å². The molecule has 0 aliphatic carbocycles. The minimum Gasteiger partial charge on any atom is -1.00 e. The Morgan fingerprint density at radius 2 is 2.27 bits per heavy atom. The molecular weight excluding hydrogens is 479 g/mol. The van der Waals surface area contributed by atoms with Gasteiger partial charge in [0.2, 0.25) is 11.8 Å². The fourth-order valence-corrected chi connectivity index (χ4v) is 7.04. The average molecular weight is 497 g/mol. The Kier molecular flexibility index (Phi) is 7.69. The van der Waals surface area contributed by atoms with Crippen molar-refractivity contribution in [2.45, 2.75) is 22.2 Å². The Balaban J connectivity index is 0.00000171. The van der Waals surface area contributed by atoms with E-state index in [1.54, 1.807) is 10.9 Å². The molecule has 0 saturated carbocycles. The molecule has 15 heteroatoms. The first-order chi connectivity index (χ1) is 13.9. The van der Waals surface area contributed by atoms with Crippen molar-refractivity contribution in [2.75, 3.05) is 23.8 Å². The third-order valence-electron chi connectivity index (χ3n) is 4.64. The van der Waals surface area contributed by atoms with Crippen LogP contribution < -0.4 is 40.6 Å². The molecule has 0 bridgehead atoms. The summed E-state index contributed by atoms with van der Waals surface area (Å²) in [6.07, 6.45) is 0.0480. The molecule has 0 radical (unpaired) electrons. The van der Waals surface area contributed by atoms with E-state index >= 15 is 0 Å². The van der Waals surface area contributed by atoms with Crippen molar-refractivity contribution >= 4 is 69.1 Å². The number of hydrogen-bond donors (Lipinski definition) is 3. The molecule has 2 amide bonds. The Labute approximate surface area is 211 Å². The first-order valence-electron chi connectivity index (χ1n) is 8.42. The van der Waals surface area contributed by atoms with Crippen LogP contribution in [0.4, 0.5) is 5.13 Å². The van der Waals surface area contributed by atoms with Gasteiger partial charge < -0.3 is 22.5 Å². The molecule has 0 spiro atoms. The summed E-state index contributed by atoms with van der Waals surface area (Å²) in [5, 5.41) is 22.1. The van der Waals surface area contributed by atoms with Crippen LogP contribution in [0.5, 0.6) is 0 Å². The number of carboxylic acid groups (broad SMARTS) is 1. The third-order valence-corrected chi connectivity index (χ3v) is 9.10. The number of aliphatic carboxylic acids is 1. The van der Waals surface area contributed by atoms with Crippen molar-refractivity contribution in [1.29, 1.82) is 0 Å². The number of β-lactam (4-membered cyclic amide) rings is 1. The summed E-state index contributed by atoms with van der Waals surface area (Å²) in [6, 6.07) is -0.647. The maximum atomic E-state index is 12.6. The fraction of sp³-hybridized carbons (Fsp3) is 0.467. The van der Waals surface area contributed by atoms with Crippen LogP contribution in [-0.2, 0) is 20.8 Å². The monoisotopic (exact) mass is 496 g/mol. The summed E-state index contributed by atoms with van der Waals surface area (Å²) >= 11 is 5.31. The van der Waals surface area contributed by atoms with Crippen LogP contribution in [-0.4, -0.2) is 72.4 Å². The van der Waals surface area contributed by atoms with E-state index in [0.29, 0.717) is 26.7 Å². The maximum Gasteiger partial charge on any atom is 1.00 e. The smallest absolute Gasteiger partial charge is 1.00 e. The molecular formula is C15H17N6NaO4S4. The second-order valence-electron chi connectivity index (χ2n) is 6.65. The van der Waals surface area contributed by atoms with Gasteiger partial charge in [0, 0.05) is 23.4 Å². The standard InChI is InChI=1S/C15H16N6O4S4.Na.H/c16-13-18-7(2-26-13)1-8(22)19-9-10(23)21-3-15(12(24)25,4-27-11(9)21)5-28-14-20-17-6-29-14;;/h2,6,9,11H,1,3-5H2,(H2,16,18)(H,19,22)(H,24,25);;/q;+1;-1/t9?,11-,15?;;/m1../s1. The van der Waals surface area contributed by atoms with Gasteiger partial charge in [0.1, 0.15) is 22.3 Å². The molecule has 0 aromatic carbocycles. The fourth-order valence-electron chi connectivity index (χ4n) is 3.12. The quantitative estimate of drug-likeness (QED) is 0.213. The minimum atomic E-state index is -1.07. The van der Waals surface area contributed by atoms with Crippen molar-refractivity contribution in [2.24, 2.45) is 5.41 Å². The van der Waals surface area contributed by atoms with E-state index in [9.17, 15) is 19.5 Å². The number of nitrogens with one attached hydrogen (secondary N) is 1. The summed E-state index contributed by atoms with van der Waals surface area (Å²) in [6.45, 7) is 0.111. The van der Waals surface area contributed by atoms with Gasteiger partial charge in [-0.15, -0.1) is 33.3 Å². The van der Waals surface area contributed by atoms with Crippen LogP contribution >= 0.6 is 46.2 Å². The molecule has 2 unspecified atom stereocenters. The normalized spacial score (nSPS) is 25.1. The number of fused-ring (bicyclic) bond motifs is 1. The second-order valence-corrected chi connectivity index (χ2v) is 10.7. The number of thiazole rings is 1. The Morgan fingerprint density at radius 1 is 1.47 bits per heavy atom. The number of amides is 2. The second kappa shape index (κ2) is 9.71. The maximum absolute atomic E-state index is 12.6. The summed E-state index contributed by atoms with van der Waals surface area (Å²) in [5.41, 5.74) is 6.64. The summed E-state index contributed by atoms with van der Waals surface area (Å²) in [4.78, 5) is 42.4. The topological polar surface area (TPSA) is 151 Å². The molecule has 2 aliphatic rings. The van der Waals surface area contributed by atoms with Gasteiger partial charge in [-0.05, 0) is 0 Å². The predicted octanol–water partition coefficient (Wildman–Crippen LogP) is -2.50. The molecule has 2 aromatic heterocycles. The van der Waals surface area contributed by atoms with E-state index in [2.05, 4.69) is 20.5 Å². The molecule has 4 N–H and O–H groups in total. The number of nitrogens with zero attached hydrogens (tertiary/aromatic N) is 4. The van der Waals surface area contributed by atoms with Crippen LogP contribution in [0.3, 0.4) is 0 Å². The van der Waals surface area contributed by atoms with Gasteiger partial charge in [0.05, 0.1) is 12.1 Å². The van der Waals surface area contributed by atoms with E-state index in [4.69, 9.17) is 5.73 Å². The Morgan fingerprint density at radius 3 is 2.90 bits per heavy atom. The Hall–Kier alpha value is -0.900. The molecule has 2 aliphatic heterocycles. The number of rotatable bonds is 7. The van der Waals surface area contributed by atoms with E-state index < -0.39 is 17.4 Å². The van der Waals surface area contributed by atoms with Crippen LogP contribution in [0.15, 0.2) is 15.2 Å². The SMILES string of the molecule is Nc1nc(CC(=O)NC2C(=O)N3CC(CSc4nncs4)(C(=O)O)CS[C@H]23)cs1.[H-].[Na+]. The van der Waals surface area contributed by atoms with E-state index in [1.165, 1.54) is 51.1 Å². The molecule has 3 atom stereocenters. The van der Waals surface area contributed by atoms with Crippen LogP contribution in [0.25, 0.3) is 0 Å². The van der Waals surface area contributed by atoms with Crippen LogP contribution in [0.1, 0.15) is 7.12 Å². The van der Waals surface area contributed by atoms with Gasteiger partial charge in [0.15, 0.2) is 9.47 Å². The molecule has 2 aromatic rings. The zero-order valence-corrected chi connectivity index (χ0v) is 21.1. The van der Waals surface area contributed by atoms with E-state index in [-0.39, 0.29) is 61.1 Å². The summed E-state index contributed by atoms with van der Waals surface area (Å²) in [7, 11) is 0. The van der Waals surface area contributed by atoms with Gasteiger partial charge in [0.25, 0.3) is 0 Å². The number of carbonyl (C=O) groups is 3. The minimum absolute atomic E-state index is 0. The van der Waals surface area contributed by atoms with Crippen molar-refractivity contribution in [1.82, 2.24) is 25.4 Å². The molecule has 2 saturated heterocycles. The number of nitrogen functional groups attached to an aromatic ring is 1. The van der Waals surface area contributed by atoms with Crippen molar-refractivity contribution in [3.63, 3.8) is 0 Å². The summed E-state index contributed by atoms with van der Waals surface area (Å²) < 4.78 is 0.695. The zero-order valence-electron chi connectivity index (χ0n) is 16.8. The largest absolute Gasteiger partial charge is 1.00 e. The number of hydrogen-bond acceptors (Lipinski definition) is 11. The van der Waals surface area contributed by atoms with Crippen molar-refractivity contribution in [3.8, 4) is 0 Å². The number of aromatic nitrogens is 3. The van der Waals surface area contributed by atoms with Gasteiger partial charge >= 0.3 is 35.5 Å². The summed E-state index contributed by atoms with van der Waals surface area (Å²) in [5.74, 6) is -0.876. The van der Waals surface area contributed by atoms with Crippen molar-refractivity contribution in [3.05, 3.63) is 16.6 Å². The number of carbonyl (C=O) groups excluding carboxylic acids is 2. The molecule has 30 heavy (non-hydrogen) atoms. The number of carboxylic acids is 1. The van der Waals surface area contributed by atoms with Crippen molar-refractivity contribution < 1.29 is 50.5 Å². The number of nitrogens with two attached hydrogens (primary N) is 1. The molecule has 4 rings (SSSR count). The third kappa shape index (κ3) is 4.79. The molecule has 2 fully saturated rings. The van der Waals surface area contributed by atoms with Gasteiger partial charge in [-0.2, -0.15) is 0 Å². The van der Waals surface area contributed by atoms with Gasteiger partial charge in [-0.1, -0.05) is 23.1 Å². The number of anilines is 1. The zero-order chi connectivity index (χ0) is 20.6. The average Bonchev–Trinajstić information content (AvgIpc) is 3.35. The first kappa shape index (κ1) is 23.8. The van der Waals surface area contributed by atoms with E-state index in [0.717, 1.165) is 0 Å². The van der Waals surface area contributed by atoms with Crippen LogP contribution in [0, 0.1) is 5.41 Å². The molecule has 4 heterocycles. The first-order valence-corrected chi connectivity index (χ1v) is 12.2. The van der Waals surface area contributed by atoms with Gasteiger partial charge in [-0.25, -0.2) is 4.98 Å². The van der Waals surface area contributed by atoms with Gasteiger partial charge in [-0.3, -0.25) is 14.4 Å².